The van der Waals surface area contributed by atoms with Crippen molar-refractivity contribution in [2.24, 2.45) is 0 Å². The number of amides is 2. The van der Waals surface area contributed by atoms with Crippen molar-refractivity contribution in [1.29, 1.82) is 0 Å². The van der Waals surface area contributed by atoms with Gasteiger partial charge in [-0.05, 0) is 62.7 Å². The topological polar surface area (TPSA) is 64.0 Å². The van der Waals surface area contributed by atoms with Crippen LogP contribution in [0.4, 0.5) is 5.69 Å². The molecule has 2 heterocycles. The number of rotatable bonds is 18. The molecule has 4 rings (SSSR count). The van der Waals surface area contributed by atoms with Crippen molar-refractivity contribution in [1.82, 2.24) is 9.47 Å². The lowest BCUT2D eigenvalue weighted by Gasteiger charge is -2.40. The van der Waals surface area contributed by atoms with E-state index in [2.05, 4.69) is 11.5 Å². The first-order chi connectivity index (χ1) is 21.9. The molecule has 244 valence electrons. The molecule has 0 bridgehead atoms. The monoisotopic (exact) mass is 615 g/mol. The Balaban J connectivity index is 1.47. The van der Waals surface area contributed by atoms with Gasteiger partial charge in [0.05, 0.1) is 31.3 Å². The minimum Gasteiger partial charge on any atom is -0.497 e. The number of nitrogens with zero attached hydrogens (tertiary/aromatic N) is 3. The molecule has 1 atom stereocenters. The van der Waals surface area contributed by atoms with E-state index < -0.39 is 6.04 Å². The van der Waals surface area contributed by atoms with Gasteiger partial charge in [-0.25, -0.2) is 0 Å². The first-order valence-corrected chi connectivity index (χ1v) is 17.0. The second-order valence-electron chi connectivity index (χ2n) is 12.5. The number of fused-ring (bicyclic) bond motifs is 3. The summed E-state index contributed by atoms with van der Waals surface area (Å²) in [7, 11) is 3.27. The summed E-state index contributed by atoms with van der Waals surface area (Å²) in [5.41, 5.74) is 3.48. The normalized spacial score (nSPS) is 13.8. The summed E-state index contributed by atoms with van der Waals surface area (Å²) in [6, 6.07) is 17.1. The number of carbonyl (C=O) groups is 2. The Labute approximate surface area is 270 Å². The zero-order valence-corrected chi connectivity index (χ0v) is 28.1. The molecule has 7 nitrogen and oxygen atoms in total. The quantitative estimate of drug-likeness (QED) is 0.134. The molecule has 0 spiro atoms. The third-order valence-corrected chi connectivity index (χ3v) is 8.96. The van der Waals surface area contributed by atoms with Gasteiger partial charge in [-0.1, -0.05) is 83.3 Å². The van der Waals surface area contributed by atoms with Gasteiger partial charge in [-0.3, -0.25) is 14.5 Å². The van der Waals surface area contributed by atoms with Crippen LogP contribution in [0.15, 0.2) is 60.8 Å². The second-order valence-corrected chi connectivity index (χ2v) is 12.5. The number of carbonyl (C=O) groups excluding carboxylic acids is 2. The minimum atomic E-state index is -0.469. The van der Waals surface area contributed by atoms with Crippen LogP contribution < -0.4 is 14.4 Å². The van der Waals surface area contributed by atoms with Gasteiger partial charge in [-0.2, -0.15) is 0 Å². The zero-order valence-electron chi connectivity index (χ0n) is 28.1. The maximum atomic E-state index is 14.5. The fraction of sp³-hybridized carbons (Fsp3) is 0.526. The van der Waals surface area contributed by atoms with E-state index in [9.17, 15) is 9.59 Å². The van der Waals surface area contributed by atoms with Crippen LogP contribution >= 0.6 is 0 Å². The molecule has 1 aliphatic heterocycles. The molecule has 7 heteroatoms. The lowest BCUT2D eigenvalue weighted by atomic mass is 9.96. The van der Waals surface area contributed by atoms with Crippen LogP contribution in [-0.2, 0) is 9.59 Å². The molecule has 1 aliphatic rings. The Morgan fingerprint density at radius 1 is 0.800 bits per heavy atom. The summed E-state index contributed by atoms with van der Waals surface area (Å²) in [5, 5.41) is 0. The Kier molecular flexibility index (Phi) is 13.0. The highest BCUT2D eigenvalue weighted by Gasteiger charge is 2.38. The molecule has 0 N–H and O–H groups in total. The van der Waals surface area contributed by atoms with E-state index in [0.29, 0.717) is 17.9 Å². The zero-order chi connectivity index (χ0) is 32.2. The average molecular weight is 616 g/mol. The molecule has 0 fully saturated rings. The Morgan fingerprint density at radius 2 is 1.44 bits per heavy atom. The van der Waals surface area contributed by atoms with Crippen LogP contribution in [0.3, 0.4) is 0 Å². The molecule has 1 aromatic heterocycles. The van der Waals surface area contributed by atoms with Crippen molar-refractivity contribution in [3.8, 4) is 17.2 Å². The number of unbranched alkanes of at least 4 members (excludes halogenated alkanes) is 10. The van der Waals surface area contributed by atoms with Crippen molar-refractivity contribution in [3.05, 3.63) is 72.1 Å². The van der Waals surface area contributed by atoms with Crippen molar-refractivity contribution in [2.75, 3.05) is 25.7 Å². The van der Waals surface area contributed by atoms with Crippen LogP contribution in [0.5, 0.6) is 11.5 Å². The van der Waals surface area contributed by atoms with E-state index in [4.69, 9.17) is 9.47 Å². The number of ether oxygens (including phenoxy) is 2. The standard InChI is InChI=1S/C38H53N3O4/c1-6-7-8-9-10-11-12-13-14-15-16-23-36(42)40(29(2)3)28-37(43)41-33-21-18-17-20-32(33)39-26-19-22-34(39)38(41)31-27-30(44-4)24-25-35(31)45-5/h17-22,24-27,29,38H,6-16,23,28H2,1-5H3. The number of hydrogen-bond acceptors (Lipinski definition) is 4. The highest BCUT2D eigenvalue weighted by molar-refractivity contribution is 6.00. The van der Waals surface area contributed by atoms with Crippen LogP contribution in [0.2, 0.25) is 0 Å². The van der Waals surface area contributed by atoms with Gasteiger partial charge in [0, 0.05) is 24.2 Å². The van der Waals surface area contributed by atoms with Crippen molar-refractivity contribution >= 4 is 17.5 Å². The van der Waals surface area contributed by atoms with E-state index in [0.717, 1.165) is 41.9 Å². The number of methoxy groups -OCH3 is 2. The Bertz CT molecular complexity index is 1380. The predicted molar refractivity (Wildman–Crippen MR) is 183 cm³/mol. The molecule has 2 amide bonds. The van der Waals surface area contributed by atoms with Gasteiger partial charge >= 0.3 is 0 Å². The second kappa shape index (κ2) is 17.1. The highest BCUT2D eigenvalue weighted by Crippen LogP contribution is 2.45. The first kappa shape index (κ1) is 34.1. The van der Waals surface area contributed by atoms with Crippen molar-refractivity contribution in [2.45, 2.75) is 110 Å². The maximum absolute atomic E-state index is 14.5. The summed E-state index contributed by atoms with van der Waals surface area (Å²) in [4.78, 5) is 31.6. The summed E-state index contributed by atoms with van der Waals surface area (Å²) >= 11 is 0. The third-order valence-electron chi connectivity index (χ3n) is 8.96. The number of anilines is 1. The van der Waals surface area contributed by atoms with Crippen molar-refractivity contribution < 1.29 is 19.1 Å². The molecule has 45 heavy (non-hydrogen) atoms. The predicted octanol–water partition coefficient (Wildman–Crippen LogP) is 8.87. The van der Waals surface area contributed by atoms with Crippen LogP contribution in [0.1, 0.15) is 115 Å². The van der Waals surface area contributed by atoms with E-state index >= 15 is 0 Å². The smallest absolute Gasteiger partial charge is 0.247 e. The fourth-order valence-electron chi connectivity index (χ4n) is 6.47. The maximum Gasteiger partial charge on any atom is 0.247 e. The third kappa shape index (κ3) is 8.50. The molecule has 0 saturated carbocycles. The number of benzene rings is 2. The van der Waals surface area contributed by atoms with Crippen molar-refractivity contribution in [3.63, 3.8) is 0 Å². The van der Waals surface area contributed by atoms with Gasteiger partial charge in [0.25, 0.3) is 0 Å². The average Bonchev–Trinajstić information content (AvgIpc) is 3.55. The largest absolute Gasteiger partial charge is 0.497 e. The summed E-state index contributed by atoms with van der Waals surface area (Å²) in [5.74, 6) is 1.25. The lowest BCUT2D eigenvalue weighted by molar-refractivity contribution is -0.137. The Morgan fingerprint density at radius 3 is 2.07 bits per heavy atom. The van der Waals surface area contributed by atoms with Gasteiger partial charge < -0.3 is 18.9 Å². The SMILES string of the molecule is CCCCCCCCCCCCCC(=O)N(CC(=O)N1c2ccccc2-n2cccc2C1c1cc(OC)ccc1OC)C(C)C. The fourth-order valence-corrected chi connectivity index (χ4v) is 6.47. The number of hydrogen-bond donors (Lipinski definition) is 0. The van der Waals surface area contributed by atoms with Crippen LogP contribution in [-0.4, -0.2) is 48.1 Å². The molecular weight excluding hydrogens is 562 g/mol. The summed E-state index contributed by atoms with van der Waals surface area (Å²) in [6.45, 7) is 6.24. The van der Waals surface area contributed by atoms with Gasteiger partial charge in [0.1, 0.15) is 24.1 Å². The van der Waals surface area contributed by atoms with Gasteiger partial charge in [0.2, 0.25) is 11.8 Å². The summed E-state index contributed by atoms with van der Waals surface area (Å²) in [6.07, 6.45) is 16.1. The van der Waals surface area contributed by atoms with Gasteiger partial charge in [0.15, 0.2) is 0 Å². The van der Waals surface area contributed by atoms with E-state index in [1.165, 1.54) is 51.4 Å². The van der Waals surface area contributed by atoms with E-state index in [-0.39, 0.29) is 24.4 Å². The molecule has 0 saturated heterocycles. The Hall–Kier alpha value is -3.74. The van der Waals surface area contributed by atoms with E-state index in [1.54, 1.807) is 19.1 Å². The molecule has 0 radical (unpaired) electrons. The lowest BCUT2D eigenvalue weighted by Crippen LogP contribution is -2.48. The van der Waals surface area contributed by atoms with Gasteiger partial charge in [-0.15, -0.1) is 0 Å². The molecular formula is C38H53N3O4. The summed E-state index contributed by atoms with van der Waals surface area (Å²) < 4.78 is 13.5. The molecule has 0 aliphatic carbocycles. The van der Waals surface area contributed by atoms with Crippen LogP contribution in [0, 0.1) is 0 Å². The van der Waals surface area contributed by atoms with Crippen LogP contribution in [0.25, 0.3) is 5.69 Å². The number of para-hydroxylation sites is 2. The highest BCUT2D eigenvalue weighted by atomic mass is 16.5. The first-order valence-electron chi connectivity index (χ1n) is 17.0. The molecule has 2 aromatic carbocycles. The minimum absolute atomic E-state index is 0.00631. The molecule has 3 aromatic rings. The number of aromatic nitrogens is 1. The molecule has 1 unspecified atom stereocenters. The van der Waals surface area contributed by atoms with E-state index in [1.807, 2.05) is 79.5 Å².